The summed E-state index contributed by atoms with van der Waals surface area (Å²) >= 11 is 1.61. The van der Waals surface area contributed by atoms with E-state index in [-0.39, 0.29) is 17.8 Å². The number of amides is 2. The number of aryl methyl sites for hydroxylation is 3. The molecule has 1 atom stereocenters. The van der Waals surface area contributed by atoms with Crippen LogP contribution in [0.4, 0.5) is 23.7 Å². The molecule has 2 heterocycles. The summed E-state index contributed by atoms with van der Waals surface area (Å²) in [5.41, 5.74) is 6.47. The van der Waals surface area contributed by atoms with E-state index in [1.807, 2.05) is 24.3 Å². The fraction of sp³-hybridized carbons (Fsp3) is 0.333. The van der Waals surface area contributed by atoms with Crippen molar-refractivity contribution >= 4 is 28.6 Å². The van der Waals surface area contributed by atoms with Crippen molar-refractivity contribution in [1.82, 2.24) is 20.1 Å². The first kappa shape index (κ1) is 30.7. The minimum Gasteiger partial charge on any atom is -0.406 e. The van der Waals surface area contributed by atoms with Crippen LogP contribution in [0.5, 0.6) is 5.75 Å². The van der Waals surface area contributed by atoms with Gasteiger partial charge in [-0.15, -0.1) is 18.3 Å². The van der Waals surface area contributed by atoms with Gasteiger partial charge < -0.3 is 15.0 Å². The summed E-state index contributed by atoms with van der Waals surface area (Å²) in [5.74, 6) is 1.06. The third-order valence-electron chi connectivity index (χ3n) is 8.11. The maximum Gasteiger partial charge on any atom is 0.573 e. The van der Waals surface area contributed by atoms with Gasteiger partial charge in [0, 0.05) is 23.0 Å². The number of urea groups is 1. The number of nitrogens with one attached hydrogen (secondary N) is 1. The van der Waals surface area contributed by atoms with Gasteiger partial charge in [-0.3, -0.25) is 0 Å². The smallest absolute Gasteiger partial charge is 0.406 e. The Hall–Kier alpha value is -4.32. The summed E-state index contributed by atoms with van der Waals surface area (Å²) in [6.07, 6.45) is -0.624. The van der Waals surface area contributed by atoms with Crippen molar-refractivity contribution in [2.75, 3.05) is 10.7 Å². The van der Waals surface area contributed by atoms with Crippen molar-refractivity contribution in [2.24, 2.45) is 4.99 Å². The second kappa shape index (κ2) is 11.9. The van der Waals surface area contributed by atoms with Crippen molar-refractivity contribution in [3.05, 3.63) is 89.2 Å². The lowest BCUT2D eigenvalue weighted by Crippen LogP contribution is -2.43. The molecular formula is C33H33F3N6O2S. The quantitative estimate of drug-likeness (QED) is 0.233. The van der Waals surface area contributed by atoms with Crippen molar-refractivity contribution in [3.63, 3.8) is 0 Å². The molecule has 1 saturated heterocycles. The van der Waals surface area contributed by atoms with Crippen LogP contribution in [0, 0.1) is 20.8 Å². The molecule has 2 amide bonds. The zero-order valence-electron chi connectivity index (χ0n) is 25.4. The number of thioether (sulfide) groups is 1. The van der Waals surface area contributed by atoms with Gasteiger partial charge in [0.1, 0.15) is 12.1 Å². The number of aliphatic imine (C=N–C) groups is 1. The minimum absolute atomic E-state index is 0.222. The SMILES string of the molecule is Cc1cc(C)c(N2C(=NC(=O)NC3(c4ccc(-c5ncn(-c6ccc(OC(F)(F)F)cc6)n5)cc4)CC3)SCCC2C)c(C)c1. The molecule has 0 spiro atoms. The summed E-state index contributed by atoms with van der Waals surface area (Å²) in [7, 11) is 0. The molecule has 0 radical (unpaired) electrons. The molecule has 1 saturated carbocycles. The van der Waals surface area contributed by atoms with E-state index in [1.54, 1.807) is 11.8 Å². The van der Waals surface area contributed by atoms with Crippen molar-refractivity contribution < 1.29 is 22.7 Å². The van der Waals surface area contributed by atoms with E-state index in [9.17, 15) is 18.0 Å². The topological polar surface area (TPSA) is 84.6 Å². The fourth-order valence-corrected chi connectivity index (χ4v) is 7.05. The molecule has 8 nitrogen and oxygen atoms in total. The zero-order valence-corrected chi connectivity index (χ0v) is 26.2. The Morgan fingerprint density at radius 3 is 2.33 bits per heavy atom. The average molecular weight is 635 g/mol. The number of amidine groups is 1. The fourth-order valence-electron chi connectivity index (χ4n) is 5.85. The number of anilines is 1. The molecule has 1 unspecified atom stereocenters. The van der Waals surface area contributed by atoms with Crippen LogP contribution in [0.15, 0.2) is 72.0 Å². The number of hydrogen-bond acceptors (Lipinski definition) is 5. The predicted molar refractivity (Wildman–Crippen MR) is 170 cm³/mol. The largest absolute Gasteiger partial charge is 0.573 e. The highest BCUT2D eigenvalue weighted by molar-refractivity contribution is 8.14. The van der Waals surface area contributed by atoms with Crippen LogP contribution in [0.2, 0.25) is 0 Å². The molecule has 2 aliphatic rings. The van der Waals surface area contributed by atoms with E-state index in [2.05, 4.69) is 69.9 Å². The number of nitrogens with zero attached hydrogens (tertiary/aromatic N) is 5. The Balaban J connectivity index is 1.16. The molecule has 1 aliphatic heterocycles. The number of ether oxygens (including phenoxy) is 1. The molecule has 1 aliphatic carbocycles. The average Bonchev–Trinajstić information content (AvgIpc) is 3.57. The summed E-state index contributed by atoms with van der Waals surface area (Å²) in [6.45, 7) is 8.48. The Morgan fingerprint density at radius 2 is 1.71 bits per heavy atom. The molecule has 1 aromatic heterocycles. The molecule has 45 heavy (non-hydrogen) atoms. The van der Waals surface area contributed by atoms with Gasteiger partial charge in [-0.05, 0) is 87.9 Å². The number of rotatable bonds is 6. The van der Waals surface area contributed by atoms with Crippen molar-refractivity contribution in [2.45, 2.75) is 64.9 Å². The normalized spacial score (nSPS) is 18.6. The van der Waals surface area contributed by atoms with Crippen molar-refractivity contribution in [3.8, 4) is 22.8 Å². The summed E-state index contributed by atoms with van der Waals surface area (Å²) in [6, 6.07) is 17.3. The van der Waals surface area contributed by atoms with Gasteiger partial charge in [-0.2, -0.15) is 4.99 Å². The van der Waals surface area contributed by atoms with Gasteiger partial charge in [0.15, 0.2) is 11.0 Å². The third-order valence-corrected chi connectivity index (χ3v) is 9.09. The summed E-state index contributed by atoms with van der Waals surface area (Å²) in [5, 5.41) is 8.38. The van der Waals surface area contributed by atoms with Crippen molar-refractivity contribution in [1.29, 1.82) is 0 Å². The first-order valence-electron chi connectivity index (χ1n) is 14.7. The van der Waals surface area contributed by atoms with E-state index >= 15 is 0 Å². The van der Waals surface area contributed by atoms with E-state index in [0.717, 1.165) is 47.0 Å². The van der Waals surface area contributed by atoms with Crippen LogP contribution >= 0.6 is 11.8 Å². The molecule has 0 bridgehead atoms. The molecular weight excluding hydrogens is 601 g/mol. The summed E-state index contributed by atoms with van der Waals surface area (Å²) in [4.78, 5) is 24.5. The van der Waals surface area contributed by atoms with Crippen LogP contribution in [0.25, 0.3) is 17.1 Å². The molecule has 6 rings (SSSR count). The number of carbonyl (C=O) groups is 1. The number of carbonyl (C=O) groups excluding carboxylic acids is 1. The Bertz CT molecular complexity index is 1720. The Kier molecular flexibility index (Phi) is 8.11. The van der Waals surface area contributed by atoms with E-state index < -0.39 is 11.9 Å². The van der Waals surface area contributed by atoms with Gasteiger partial charge in [-0.25, -0.2) is 14.5 Å². The highest BCUT2D eigenvalue weighted by atomic mass is 32.2. The van der Waals surface area contributed by atoms with Gasteiger partial charge >= 0.3 is 12.4 Å². The maximum atomic E-state index is 13.3. The maximum absolute atomic E-state index is 13.3. The molecule has 1 N–H and O–H groups in total. The molecule has 3 aromatic carbocycles. The van der Waals surface area contributed by atoms with E-state index in [4.69, 9.17) is 0 Å². The van der Waals surface area contributed by atoms with E-state index in [1.165, 1.54) is 52.0 Å². The lowest BCUT2D eigenvalue weighted by Gasteiger charge is -2.37. The standard InChI is InChI=1S/C33H33F3N6O2S/c1-20-17-21(2)28(22(3)18-20)42-23(4)13-16-45-31(42)38-30(43)39-32(14-15-32)25-7-5-24(6-8-25)29-37-19-41(40-29)26-9-11-27(12-10-26)44-33(34,35)36/h5-12,17-19,23H,13-16H2,1-4H3,(H,39,43). The number of benzene rings is 3. The molecule has 234 valence electrons. The molecule has 2 fully saturated rings. The number of halogens is 3. The van der Waals surface area contributed by atoms with Gasteiger partial charge in [0.2, 0.25) is 0 Å². The van der Waals surface area contributed by atoms with Gasteiger partial charge in [0.05, 0.1) is 11.2 Å². The Morgan fingerprint density at radius 1 is 1.04 bits per heavy atom. The minimum atomic E-state index is -4.75. The first-order valence-corrected chi connectivity index (χ1v) is 15.7. The van der Waals surface area contributed by atoms with Crippen LogP contribution in [0.1, 0.15) is 48.4 Å². The second-order valence-corrected chi connectivity index (χ2v) is 12.7. The zero-order chi connectivity index (χ0) is 31.9. The van der Waals surface area contributed by atoms with Crippen LogP contribution in [0.3, 0.4) is 0 Å². The third kappa shape index (κ3) is 6.70. The number of aromatic nitrogens is 3. The van der Waals surface area contributed by atoms with Crippen LogP contribution < -0.4 is 15.0 Å². The van der Waals surface area contributed by atoms with Gasteiger partial charge in [-0.1, -0.05) is 53.7 Å². The highest BCUT2D eigenvalue weighted by Gasteiger charge is 2.46. The number of hydrogen-bond donors (Lipinski definition) is 1. The predicted octanol–water partition coefficient (Wildman–Crippen LogP) is 7.84. The van der Waals surface area contributed by atoms with Gasteiger partial charge in [0.25, 0.3) is 0 Å². The first-order chi connectivity index (χ1) is 21.4. The molecule has 12 heteroatoms. The Labute approximate surface area is 263 Å². The lowest BCUT2D eigenvalue weighted by molar-refractivity contribution is -0.274. The summed E-state index contributed by atoms with van der Waals surface area (Å²) < 4.78 is 42.8. The molecule has 4 aromatic rings. The number of alkyl halides is 3. The van der Waals surface area contributed by atoms with Crippen LogP contribution in [-0.4, -0.2) is 44.1 Å². The lowest BCUT2D eigenvalue weighted by atomic mass is 10.0. The van der Waals surface area contributed by atoms with E-state index in [0.29, 0.717) is 11.5 Å². The monoisotopic (exact) mass is 634 g/mol. The second-order valence-electron chi connectivity index (χ2n) is 11.6. The van der Waals surface area contributed by atoms with Crippen LogP contribution in [-0.2, 0) is 5.54 Å². The highest BCUT2D eigenvalue weighted by Crippen LogP contribution is 2.46.